The summed E-state index contributed by atoms with van der Waals surface area (Å²) in [6, 6.07) is 13.0. The van der Waals surface area contributed by atoms with Gasteiger partial charge in [0.15, 0.2) is 6.10 Å². The van der Waals surface area contributed by atoms with Crippen molar-refractivity contribution in [3.05, 3.63) is 59.4 Å². The molecule has 0 spiro atoms. The van der Waals surface area contributed by atoms with Crippen LogP contribution in [0.3, 0.4) is 0 Å². The van der Waals surface area contributed by atoms with E-state index in [-0.39, 0.29) is 11.9 Å². The average Bonchev–Trinajstić information content (AvgIpc) is 3.06. The fourth-order valence-electron chi connectivity index (χ4n) is 2.93. The standard InChI is InChI=1S/C18H19ClN2O2/c1-13(23-17-10-3-2-7-14(17)19)18(22)21-12-6-9-16(21)15-8-4-5-11-20-15/h2-5,7-8,10-11,13,16H,6,9,12H2,1H3/t13-,16-/m1/s1. The Morgan fingerprint density at radius 2 is 2.09 bits per heavy atom. The van der Waals surface area contributed by atoms with E-state index in [1.807, 2.05) is 35.2 Å². The van der Waals surface area contributed by atoms with Gasteiger partial charge in [-0.3, -0.25) is 9.78 Å². The highest BCUT2D eigenvalue weighted by atomic mass is 35.5. The van der Waals surface area contributed by atoms with E-state index in [0.717, 1.165) is 25.1 Å². The second-order valence-corrected chi connectivity index (χ2v) is 6.04. The van der Waals surface area contributed by atoms with Crippen LogP contribution >= 0.6 is 11.6 Å². The van der Waals surface area contributed by atoms with Crippen LogP contribution < -0.4 is 4.74 Å². The summed E-state index contributed by atoms with van der Waals surface area (Å²) in [6.07, 6.45) is 3.09. The van der Waals surface area contributed by atoms with Crippen LogP contribution in [-0.4, -0.2) is 28.4 Å². The summed E-state index contributed by atoms with van der Waals surface area (Å²) >= 11 is 6.10. The topological polar surface area (TPSA) is 42.4 Å². The first-order valence-corrected chi connectivity index (χ1v) is 8.17. The first-order chi connectivity index (χ1) is 11.2. The van der Waals surface area contributed by atoms with Gasteiger partial charge in [0, 0.05) is 12.7 Å². The van der Waals surface area contributed by atoms with Crippen LogP contribution in [0.5, 0.6) is 5.75 Å². The number of rotatable bonds is 4. The highest BCUT2D eigenvalue weighted by Gasteiger charge is 2.34. The van der Waals surface area contributed by atoms with Gasteiger partial charge in [-0.2, -0.15) is 0 Å². The predicted molar refractivity (Wildman–Crippen MR) is 89.5 cm³/mol. The van der Waals surface area contributed by atoms with Gasteiger partial charge in [0.1, 0.15) is 5.75 Å². The molecule has 120 valence electrons. The van der Waals surface area contributed by atoms with E-state index < -0.39 is 6.10 Å². The number of likely N-dealkylation sites (tertiary alicyclic amines) is 1. The fourth-order valence-corrected chi connectivity index (χ4v) is 3.11. The minimum atomic E-state index is -0.584. The Bertz CT molecular complexity index is 678. The molecule has 5 heteroatoms. The zero-order chi connectivity index (χ0) is 16.2. The lowest BCUT2D eigenvalue weighted by atomic mass is 10.1. The van der Waals surface area contributed by atoms with Crippen LogP contribution in [0.4, 0.5) is 0 Å². The number of hydrogen-bond donors (Lipinski definition) is 0. The zero-order valence-electron chi connectivity index (χ0n) is 13.0. The van der Waals surface area contributed by atoms with Crippen molar-refractivity contribution in [3.63, 3.8) is 0 Å². The Balaban J connectivity index is 1.73. The fraction of sp³-hybridized carbons (Fsp3) is 0.333. The zero-order valence-corrected chi connectivity index (χ0v) is 13.7. The number of halogens is 1. The highest BCUT2D eigenvalue weighted by Crippen LogP contribution is 2.32. The molecule has 1 aromatic heterocycles. The van der Waals surface area contributed by atoms with E-state index in [1.165, 1.54) is 0 Å². The Kier molecular flexibility index (Phi) is 4.82. The number of carbonyl (C=O) groups excluding carboxylic acids is 1. The number of pyridine rings is 1. The second-order valence-electron chi connectivity index (χ2n) is 5.63. The van der Waals surface area contributed by atoms with Crippen molar-refractivity contribution in [1.82, 2.24) is 9.88 Å². The Morgan fingerprint density at radius 1 is 1.30 bits per heavy atom. The van der Waals surface area contributed by atoms with Gasteiger partial charge in [0.05, 0.1) is 16.8 Å². The third-order valence-electron chi connectivity index (χ3n) is 4.05. The van der Waals surface area contributed by atoms with Crippen LogP contribution in [-0.2, 0) is 4.79 Å². The second kappa shape index (κ2) is 7.01. The van der Waals surface area contributed by atoms with E-state index in [0.29, 0.717) is 10.8 Å². The molecular formula is C18H19ClN2O2. The molecule has 0 bridgehead atoms. The Morgan fingerprint density at radius 3 is 2.83 bits per heavy atom. The molecule has 0 radical (unpaired) electrons. The third kappa shape index (κ3) is 3.48. The lowest BCUT2D eigenvalue weighted by Gasteiger charge is -2.27. The highest BCUT2D eigenvalue weighted by molar-refractivity contribution is 6.32. The lowest BCUT2D eigenvalue weighted by Crippen LogP contribution is -2.40. The summed E-state index contributed by atoms with van der Waals surface area (Å²) in [5, 5.41) is 0.509. The Labute approximate surface area is 141 Å². The summed E-state index contributed by atoms with van der Waals surface area (Å²) in [6.45, 7) is 2.50. The van der Waals surface area contributed by atoms with Gasteiger partial charge in [-0.1, -0.05) is 29.8 Å². The van der Waals surface area contributed by atoms with Crippen LogP contribution in [0.15, 0.2) is 48.7 Å². The number of benzene rings is 1. The summed E-state index contributed by atoms with van der Waals surface area (Å²) in [4.78, 5) is 19.0. The van der Waals surface area contributed by atoms with Crippen LogP contribution in [0.2, 0.25) is 5.02 Å². The third-order valence-corrected chi connectivity index (χ3v) is 4.37. The number of amides is 1. The first-order valence-electron chi connectivity index (χ1n) is 7.79. The predicted octanol–water partition coefficient (Wildman–Crippen LogP) is 3.87. The van der Waals surface area contributed by atoms with Gasteiger partial charge >= 0.3 is 0 Å². The lowest BCUT2D eigenvalue weighted by molar-refractivity contribution is -0.139. The molecule has 2 aromatic rings. The van der Waals surface area contributed by atoms with Gasteiger partial charge in [-0.05, 0) is 44.0 Å². The normalized spacial score (nSPS) is 18.7. The summed E-state index contributed by atoms with van der Waals surface area (Å²) < 4.78 is 5.76. The van der Waals surface area contributed by atoms with Crippen molar-refractivity contribution in [2.75, 3.05) is 6.54 Å². The van der Waals surface area contributed by atoms with Crippen molar-refractivity contribution in [1.29, 1.82) is 0 Å². The molecule has 0 unspecified atom stereocenters. The average molecular weight is 331 g/mol. The number of carbonyl (C=O) groups is 1. The molecule has 3 rings (SSSR count). The SMILES string of the molecule is C[C@@H](Oc1ccccc1Cl)C(=O)N1CCC[C@@H]1c1ccccn1. The van der Waals surface area contributed by atoms with Gasteiger partial charge in [0.2, 0.25) is 0 Å². The summed E-state index contributed by atoms with van der Waals surface area (Å²) in [5.41, 5.74) is 0.934. The Hall–Kier alpha value is -2.07. The van der Waals surface area contributed by atoms with Crippen molar-refractivity contribution in [3.8, 4) is 5.75 Å². The maximum absolute atomic E-state index is 12.8. The van der Waals surface area contributed by atoms with Gasteiger partial charge < -0.3 is 9.64 Å². The number of aromatic nitrogens is 1. The van der Waals surface area contributed by atoms with E-state index >= 15 is 0 Å². The van der Waals surface area contributed by atoms with E-state index in [9.17, 15) is 4.79 Å². The number of nitrogens with zero attached hydrogens (tertiary/aromatic N) is 2. The molecule has 1 aromatic carbocycles. The molecule has 0 aliphatic carbocycles. The number of ether oxygens (including phenoxy) is 1. The van der Waals surface area contributed by atoms with E-state index in [1.54, 1.807) is 25.3 Å². The molecule has 1 aliphatic rings. The quantitative estimate of drug-likeness (QED) is 0.854. The molecule has 1 fully saturated rings. The van der Waals surface area contributed by atoms with Gasteiger partial charge in [-0.15, -0.1) is 0 Å². The number of hydrogen-bond acceptors (Lipinski definition) is 3. The molecule has 23 heavy (non-hydrogen) atoms. The van der Waals surface area contributed by atoms with Crippen molar-refractivity contribution >= 4 is 17.5 Å². The van der Waals surface area contributed by atoms with E-state index in [2.05, 4.69) is 4.98 Å². The van der Waals surface area contributed by atoms with Crippen LogP contribution in [0.1, 0.15) is 31.5 Å². The smallest absolute Gasteiger partial charge is 0.263 e. The maximum Gasteiger partial charge on any atom is 0.263 e. The van der Waals surface area contributed by atoms with Crippen molar-refractivity contribution in [2.45, 2.75) is 31.9 Å². The molecular weight excluding hydrogens is 312 g/mol. The minimum Gasteiger partial charge on any atom is -0.479 e. The molecule has 1 aliphatic heterocycles. The monoisotopic (exact) mass is 330 g/mol. The molecule has 2 heterocycles. The first kappa shape index (κ1) is 15.8. The molecule has 0 saturated carbocycles. The summed E-state index contributed by atoms with van der Waals surface area (Å²) in [5.74, 6) is 0.502. The van der Waals surface area contributed by atoms with Crippen LogP contribution in [0, 0.1) is 0 Å². The largest absolute Gasteiger partial charge is 0.479 e. The van der Waals surface area contributed by atoms with Crippen molar-refractivity contribution in [2.24, 2.45) is 0 Å². The number of para-hydroxylation sites is 1. The molecule has 1 saturated heterocycles. The molecule has 1 amide bonds. The minimum absolute atomic E-state index is 0.0287. The maximum atomic E-state index is 12.8. The van der Waals surface area contributed by atoms with E-state index in [4.69, 9.17) is 16.3 Å². The van der Waals surface area contributed by atoms with Crippen molar-refractivity contribution < 1.29 is 9.53 Å². The summed E-state index contributed by atoms with van der Waals surface area (Å²) in [7, 11) is 0. The van der Waals surface area contributed by atoms with Gasteiger partial charge in [0.25, 0.3) is 5.91 Å². The van der Waals surface area contributed by atoms with Crippen LogP contribution in [0.25, 0.3) is 0 Å². The van der Waals surface area contributed by atoms with Gasteiger partial charge in [-0.25, -0.2) is 0 Å². The molecule has 4 nitrogen and oxygen atoms in total. The molecule has 0 N–H and O–H groups in total. The molecule has 2 atom stereocenters.